The molecule has 0 aromatic rings. The van der Waals surface area contributed by atoms with E-state index in [1.807, 2.05) is 25.7 Å². The van der Waals surface area contributed by atoms with Gasteiger partial charge < -0.3 is 10.2 Å². The first-order chi connectivity index (χ1) is 9.50. The monoisotopic (exact) mass is 276 g/mol. The highest BCUT2D eigenvalue weighted by Gasteiger charge is 2.69. The Morgan fingerprint density at radius 3 is 2.30 bits per heavy atom. The molecule has 4 heteroatoms. The van der Waals surface area contributed by atoms with Gasteiger partial charge in [-0.15, -0.1) is 0 Å². The van der Waals surface area contributed by atoms with Gasteiger partial charge in [0.1, 0.15) is 12.1 Å². The Balaban J connectivity index is 1.64. The van der Waals surface area contributed by atoms with Crippen LogP contribution >= 0.6 is 0 Å². The lowest BCUT2D eigenvalue weighted by atomic mass is 9.95. The van der Waals surface area contributed by atoms with Gasteiger partial charge in [-0.3, -0.25) is 9.59 Å². The van der Waals surface area contributed by atoms with E-state index in [9.17, 15) is 9.59 Å². The van der Waals surface area contributed by atoms with Crippen molar-refractivity contribution in [3.8, 4) is 0 Å². The lowest BCUT2D eigenvalue weighted by Gasteiger charge is -2.41. The van der Waals surface area contributed by atoms with Crippen molar-refractivity contribution in [1.82, 2.24) is 10.2 Å². The second kappa shape index (κ2) is 3.99. The summed E-state index contributed by atoms with van der Waals surface area (Å²) in [4.78, 5) is 27.0. The number of carbonyl (C=O) groups excluding carboxylic acids is 2. The van der Waals surface area contributed by atoms with Crippen molar-refractivity contribution in [2.45, 2.75) is 58.2 Å². The van der Waals surface area contributed by atoms with Crippen LogP contribution in [0.25, 0.3) is 0 Å². The zero-order valence-electron chi connectivity index (χ0n) is 12.5. The zero-order chi connectivity index (χ0) is 14.2. The maximum Gasteiger partial charge on any atom is 0.245 e. The average Bonchev–Trinajstić information content (AvgIpc) is 2.79. The van der Waals surface area contributed by atoms with E-state index in [0.717, 1.165) is 11.8 Å². The van der Waals surface area contributed by atoms with E-state index in [1.165, 1.54) is 19.3 Å². The number of amides is 2. The van der Waals surface area contributed by atoms with Crippen LogP contribution < -0.4 is 5.32 Å². The van der Waals surface area contributed by atoms with Gasteiger partial charge in [0.2, 0.25) is 11.8 Å². The molecule has 2 amide bonds. The summed E-state index contributed by atoms with van der Waals surface area (Å²) in [5.74, 6) is 3.44. The summed E-state index contributed by atoms with van der Waals surface area (Å²) in [5, 5.41) is 2.85. The molecule has 0 spiro atoms. The van der Waals surface area contributed by atoms with Crippen molar-refractivity contribution in [3.63, 3.8) is 0 Å². The molecule has 1 heterocycles. The van der Waals surface area contributed by atoms with E-state index in [0.29, 0.717) is 17.9 Å². The fourth-order valence-corrected chi connectivity index (χ4v) is 5.45. The smallest absolute Gasteiger partial charge is 0.245 e. The predicted octanol–water partition coefficient (Wildman–Crippen LogP) is 1.40. The summed E-state index contributed by atoms with van der Waals surface area (Å²) < 4.78 is 0. The van der Waals surface area contributed by atoms with Crippen molar-refractivity contribution in [1.29, 1.82) is 0 Å². The molecule has 0 radical (unpaired) electrons. The van der Waals surface area contributed by atoms with Crippen LogP contribution in [0.3, 0.4) is 0 Å². The molecule has 1 N–H and O–H groups in total. The molecule has 3 saturated carbocycles. The van der Waals surface area contributed by atoms with E-state index < -0.39 is 0 Å². The lowest BCUT2D eigenvalue weighted by Crippen LogP contribution is -2.65. The quantitative estimate of drug-likeness (QED) is 0.829. The average molecular weight is 276 g/mol. The Bertz CT molecular complexity index is 459. The van der Waals surface area contributed by atoms with Gasteiger partial charge in [0.25, 0.3) is 0 Å². The standard InChI is InChI=1S/C16H24N2O2/c1-7(2)13-15(19)17-8(3)16(20)18(13)14-11-9-4-5-10(6-9)12(11)14/h7-14H,4-6H2,1-3H3,(H,17,19). The molecule has 4 rings (SSSR count). The maximum atomic E-state index is 12.6. The Morgan fingerprint density at radius 1 is 1.15 bits per heavy atom. The van der Waals surface area contributed by atoms with Crippen LogP contribution in [0, 0.1) is 29.6 Å². The first-order valence-electron chi connectivity index (χ1n) is 8.13. The van der Waals surface area contributed by atoms with E-state index in [4.69, 9.17) is 0 Å². The van der Waals surface area contributed by atoms with Crippen LogP contribution in [0.5, 0.6) is 0 Å². The molecule has 0 aromatic heterocycles. The van der Waals surface area contributed by atoms with Crippen LogP contribution in [-0.4, -0.2) is 34.8 Å². The number of nitrogens with one attached hydrogen (secondary N) is 1. The molecule has 0 aromatic carbocycles. The van der Waals surface area contributed by atoms with E-state index in [2.05, 4.69) is 5.32 Å². The molecular weight excluding hydrogens is 252 g/mol. The molecular formula is C16H24N2O2. The summed E-state index contributed by atoms with van der Waals surface area (Å²) in [6, 6.07) is -0.236. The summed E-state index contributed by atoms with van der Waals surface area (Å²) in [7, 11) is 0. The number of nitrogens with zero attached hydrogens (tertiary/aromatic N) is 1. The number of fused-ring (bicyclic) bond motifs is 5. The number of piperazine rings is 1. The lowest BCUT2D eigenvalue weighted by molar-refractivity contribution is -0.152. The molecule has 1 saturated heterocycles. The third-order valence-corrected chi connectivity index (χ3v) is 6.20. The molecule has 4 aliphatic rings. The van der Waals surface area contributed by atoms with Gasteiger partial charge >= 0.3 is 0 Å². The fraction of sp³-hybridized carbons (Fsp3) is 0.875. The van der Waals surface area contributed by atoms with Crippen LogP contribution in [-0.2, 0) is 9.59 Å². The van der Waals surface area contributed by atoms with Crippen LogP contribution in [0.1, 0.15) is 40.0 Å². The highest BCUT2D eigenvalue weighted by molar-refractivity contribution is 5.97. The van der Waals surface area contributed by atoms with Crippen molar-refractivity contribution < 1.29 is 9.59 Å². The van der Waals surface area contributed by atoms with Gasteiger partial charge in [-0.25, -0.2) is 0 Å². The SMILES string of the molecule is CC1NC(=O)C(C(C)C)N(C2C3C4CCC(C4)C32)C1=O. The van der Waals surface area contributed by atoms with Gasteiger partial charge in [-0.05, 0) is 55.8 Å². The predicted molar refractivity (Wildman–Crippen MR) is 74.7 cm³/mol. The van der Waals surface area contributed by atoms with Crippen molar-refractivity contribution in [2.24, 2.45) is 29.6 Å². The molecule has 4 fully saturated rings. The molecule has 6 atom stereocenters. The van der Waals surface area contributed by atoms with Crippen LogP contribution in [0.2, 0.25) is 0 Å². The molecule has 1 aliphatic heterocycles. The Kier molecular flexibility index (Phi) is 2.52. The van der Waals surface area contributed by atoms with Gasteiger partial charge in [-0.1, -0.05) is 13.8 Å². The second-order valence-corrected chi connectivity index (χ2v) is 7.64. The van der Waals surface area contributed by atoms with Crippen LogP contribution in [0.4, 0.5) is 0 Å². The number of rotatable bonds is 2. The number of carbonyl (C=O) groups is 2. The van der Waals surface area contributed by atoms with Crippen molar-refractivity contribution in [3.05, 3.63) is 0 Å². The normalized spacial score (nSPS) is 49.6. The first kappa shape index (κ1) is 12.7. The fourth-order valence-electron chi connectivity index (χ4n) is 5.45. The minimum absolute atomic E-state index is 0.0458. The molecule has 110 valence electrons. The Labute approximate surface area is 120 Å². The summed E-state index contributed by atoms with van der Waals surface area (Å²) in [5.41, 5.74) is 0. The Hall–Kier alpha value is -1.06. The van der Waals surface area contributed by atoms with E-state index in [-0.39, 0.29) is 29.8 Å². The van der Waals surface area contributed by atoms with E-state index in [1.54, 1.807) is 0 Å². The third kappa shape index (κ3) is 1.48. The molecule has 2 bridgehead atoms. The van der Waals surface area contributed by atoms with Crippen molar-refractivity contribution >= 4 is 11.8 Å². The van der Waals surface area contributed by atoms with Crippen molar-refractivity contribution in [2.75, 3.05) is 0 Å². The van der Waals surface area contributed by atoms with Gasteiger partial charge in [0, 0.05) is 6.04 Å². The third-order valence-electron chi connectivity index (χ3n) is 6.20. The zero-order valence-corrected chi connectivity index (χ0v) is 12.5. The largest absolute Gasteiger partial charge is 0.343 e. The topological polar surface area (TPSA) is 49.4 Å². The molecule has 6 unspecified atom stereocenters. The highest BCUT2D eigenvalue weighted by Crippen LogP contribution is 2.67. The maximum absolute atomic E-state index is 12.6. The first-order valence-corrected chi connectivity index (χ1v) is 8.13. The molecule has 4 nitrogen and oxygen atoms in total. The van der Waals surface area contributed by atoms with E-state index >= 15 is 0 Å². The Morgan fingerprint density at radius 2 is 1.75 bits per heavy atom. The minimum Gasteiger partial charge on any atom is -0.343 e. The number of hydrogen-bond acceptors (Lipinski definition) is 2. The van der Waals surface area contributed by atoms with Gasteiger partial charge in [0.05, 0.1) is 0 Å². The van der Waals surface area contributed by atoms with Gasteiger partial charge in [-0.2, -0.15) is 0 Å². The summed E-state index contributed by atoms with van der Waals surface area (Å²) in [6.07, 6.45) is 4.07. The number of hydrogen-bond donors (Lipinski definition) is 1. The van der Waals surface area contributed by atoms with Crippen LogP contribution in [0.15, 0.2) is 0 Å². The molecule has 3 aliphatic carbocycles. The highest BCUT2D eigenvalue weighted by atomic mass is 16.2. The van der Waals surface area contributed by atoms with Gasteiger partial charge in [0.15, 0.2) is 0 Å². The summed E-state index contributed by atoms with van der Waals surface area (Å²) in [6.45, 7) is 5.91. The summed E-state index contributed by atoms with van der Waals surface area (Å²) >= 11 is 0. The second-order valence-electron chi connectivity index (χ2n) is 7.64. The molecule has 20 heavy (non-hydrogen) atoms. The minimum atomic E-state index is -0.350.